The predicted molar refractivity (Wildman–Crippen MR) is 89.2 cm³/mol. The number of carbonyl (C=O) groups is 1. The zero-order chi connectivity index (χ0) is 15.5. The highest BCUT2D eigenvalue weighted by Gasteiger charge is 2.41. The summed E-state index contributed by atoms with van der Waals surface area (Å²) in [5, 5.41) is 10.2. The summed E-state index contributed by atoms with van der Waals surface area (Å²) in [6, 6.07) is 19.0. The fraction of sp³-hybridized carbons (Fsp3) is 0.176. The van der Waals surface area contributed by atoms with Gasteiger partial charge in [-0.25, -0.2) is 9.69 Å². The molecule has 4 nitrogen and oxygen atoms in total. The quantitative estimate of drug-likeness (QED) is 0.905. The lowest BCUT2D eigenvalue weighted by Crippen LogP contribution is -2.34. The van der Waals surface area contributed by atoms with Crippen molar-refractivity contribution in [3.05, 3.63) is 71.8 Å². The van der Waals surface area contributed by atoms with Crippen molar-refractivity contribution in [1.29, 1.82) is 0 Å². The largest absolute Gasteiger partial charge is 0.465 e. The molecule has 1 N–H and O–H groups in total. The number of carboxylic acid groups (broad SMARTS) is 1. The number of benzene rings is 2. The number of thioether (sulfide) groups is 1. The van der Waals surface area contributed by atoms with Crippen molar-refractivity contribution in [1.82, 2.24) is 4.90 Å². The van der Waals surface area contributed by atoms with E-state index in [-0.39, 0.29) is 12.1 Å². The van der Waals surface area contributed by atoms with Gasteiger partial charge in [0.1, 0.15) is 6.04 Å². The number of amidine groups is 1. The van der Waals surface area contributed by atoms with Gasteiger partial charge in [-0.2, -0.15) is 0 Å². The minimum Gasteiger partial charge on any atom is -0.465 e. The van der Waals surface area contributed by atoms with E-state index in [1.165, 1.54) is 16.7 Å². The Labute approximate surface area is 133 Å². The monoisotopic (exact) mass is 312 g/mol. The second-order valence-electron chi connectivity index (χ2n) is 4.98. The normalized spacial score (nSPS) is 20.8. The summed E-state index contributed by atoms with van der Waals surface area (Å²) in [7, 11) is 0. The van der Waals surface area contributed by atoms with E-state index >= 15 is 0 Å². The highest BCUT2D eigenvalue weighted by atomic mass is 32.2. The Balaban J connectivity index is 2.10. The third-order valence-corrected chi connectivity index (χ3v) is 4.37. The van der Waals surface area contributed by atoms with E-state index in [1.807, 2.05) is 66.9 Å². The molecule has 22 heavy (non-hydrogen) atoms. The van der Waals surface area contributed by atoms with E-state index in [4.69, 9.17) is 0 Å². The summed E-state index contributed by atoms with van der Waals surface area (Å²) in [5.74, 6) is 0. The zero-order valence-corrected chi connectivity index (χ0v) is 12.9. The number of hydrogen-bond acceptors (Lipinski definition) is 3. The Bertz CT molecular complexity index is 688. The molecule has 1 amide bonds. The highest BCUT2D eigenvalue weighted by Crippen LogP contribution is 2.43. The number of aliphatic imine (C=N–C) groups is 1. The van der Waals surface area contributed by atoms with Crippen LogP contribution in [0.15, 0.2) is 65.7 Å². The standard InChI is InChI=1S/C17H16N2O2S/c1-22-16-18-14(12-8-4-2-5-9-12)15(19(16)17(20)21)13-10-6-3-7-11-13/h2-11,14-15H,1H3,(H,20,21)/t14-,15-/m1/s1. The summed E-state index contributed by atoms with van der Waals surface area (Å²) in [5.41, 5.74) is 1.97. The molecule has 2 aromatic rings. The predicted octanol–water partition coefficient (Wildman–Crippen LogP) is 4.18. The average Bonchev–Trinajstić information content (AvgIpc) is 2.96. The maximum atomic E-state index is 11.8. The summed E-state index contributed by atoms with van der Waals surface area (Å²) < 4.78 is 0. The fourth-order valence-corrected chi connectivity index (χ4v) is 3.36. The number of nitrogens with zero attached hydrogens (tertiary/aromatic N) is 2. The van der Waals surface area contributed by atoms with Crippen LogP contribution in [0.3, 0.4) is 0 Å². The first-order valence-electron chi connectivity index (χ1n) is 6.96. The summed E-state index contributed by atoms with van der Waals surface area (Å²) in [6.45, 7) is 0. The van der Waals surface area contributed by atoms with Crippen LogP contribution in [0.25, 0.3) is 0 Å². The lowest BCUT2D eigenvalue weighted by Gasteiger charge is -2.26. The van der Waals surface area contributed by atoms with E-state index in [1.54, 1.807) is 0 Å². The van der Waals surface area contributed by atoms with Crippen LogP contribution in [0.4, 0.5) is 4.79 Å². The van der Waals surface area contributed by atoms with Crippen LogP contribution in [-0.2, 0) is 0 Å². The van der Waals surface area contributed by atoms with Crippen molar-refractivity contribution in [2.45, 2.75) is 12.1 Å². The van der Waals surface area contributed by atoms with Gasteiger partial charge in [-0.15, -0.1) is 0 Å². The summed E-state index contributed by atoms with van der Waals surface area (Å²) in [6.07, 6.45) is 0.880. The third kappa shape index (κ3) is 2.60. The molecule has 1 aliphatic rings. The molecule has 0 spiro atoms. The molecule has 0 unspecified atom stereocenters. The van der Waals surface area contributed by atoms with Gasteiger partial charge in [0.25, 0.3) is 0 Å². The molecule has 112 valence electrons. The molecule has 0 fully saturated rings. The smallest absolute Gasteiger partial charge is 0.414 e. The van der Waals surface area contributed by atoms with Gasteiger partial charge in [-0.3, -0.25) is 4.99 Å². The van der Waals surface area contributed by atoms with Crippen LogP contribution in [-0.4, -0.2) is 27.5 Å². The molecule has 0 saturated carbocycles. The summed E-state index contributed by atoms with van der Waals surface area (Å²) in [4.78, 5) is 17.8. The molecule has 0 aromatic heterocycles. The van der Waals surface area contributed by atoms with Crippen LogP contribution in [0, 0.1) is 0 Å². The van der Waals surface area contributed by atoms with Crippen LogP contribution in [0.5, 0.6) is 0 Å². The van der Waals surface area contributed by atoms with Crippen molar-refractivity contribution in [2.24, 2.45) is 4.99 Å². The average molecular weight is 312 g/mol. The maximum absolute atomic E-state index is 11.8. The first-order valence-corrected chi connectivity index (χ1v) is 8.18. The van der Waals surface area contributed by atoms with Crippen LogP contribution >= 0.6 is 11.8 Å². The molecule has 1 aliphatic heterocycles. The van der Waals surface area contributed by atoms with E-state index in [0.29, 0.717) is 5.17 Å². The van der Waals surface area contributed by atoms with Gasteiger partial charge >= 0.3 is 6.09 Å². The maximum Gasteiger partial charge on any atom is 0.414 e. The SMILES string of the molecule is CSC1=N[C@H](c2ccccc2)[C@@H](c2ccccc2)N1C(=O)O. The molecular formula is C17H16N2O2S. The van der Waals surface area contributed by atoms with Crippen molar-refractivity contribution in [2.75, 3.05) is 6.26 Å². The minimum absolute atomic E-state index is 0.220. The van der Waals surface area contributed by atoms with Gasteiger partial charge in [0.2, 0.25) is 0 Å². The molecule has 2 atom stereocenters. The lowest BCUT2D eigenvalue weighted by atomic mass is 9.94. The van der Waals surface area contributed by atoms with Crippen molar-refractivity contribution >= 4 is 23.0 Å². The molecule has 3 rings (SSSR count). The van der Waals surface area contributed by atoms with E-state index in [0.717, 1.165) is 11.1 Å². The van der Waals surface area contributed by atoms with E-state index in [9.17, 15) is 9.90 Å². The van der Waals surface area contributed by atoms with Crippen molar-refractivity contribution in [3.63, 3.8) is 0 Å². The number of amides is 1. The molecule has 1 heterocycles. The highest BCUT2D eigenvalue weighted by molar-refractivity contribution is 8.13. The zero-order valence-electron chi connectivity index (χ0n) is 12.1. The van der Waals surface area contributed by atoms with Crippen LogP contribution < -0.4 is 0 Å². The topological polar surface area (TPSA) is 52.9 Å². The minimum atomic E-state index is -0.972. The van der Waals surface area contributed by atoms with Crippen LogP contribution in [0.1, 0.15) is 23.2 Å². The van der Waals surface area contributed by atoms with Gasteiger partial charge in [-0.05, 0) is 17.4 Å². The molecule has 0 radical (unpaired) electrons. The van der Waals surface area contributed by atoms with Gasteiger partial charge in [0.15, 0.2) is 5.17 Å². The van der Waals surface area contributed by atoms with E-state index in [2.05, 4.69) is 4.99 Å². The second-order valence-corrected chi connectivity index (χ2v) is 5.75. The molecular weight excluding hydrogens is 296 g/mol. The van der Waals surface area contributed by atoms with Gasteiger partial charge in [-0.1, -0.05) is 72.4 Å². The number of rotatable bonds is 2. The Morgan fingerprint density at radius 2 is 1.59 bits per heavy atom. The Hall–Kier alpha value is -2.27. The Kier molecular flexibility index (Phi) is 4.15. The van der Waals surface area contributed by atoms with E-state index < -0.39 is 6.09 Å². The first kappa shape index (κ1) is 14.7. The third-order valence-electron chi connectivity index (χ3n) is 3.70. The van der Waals surface area contributed by atoms with Crippen LogP contribution in [0.2, 0.25) is 0 Å². The fourth-order valence-electron chi connectivity index (χ4n) is 2.75. The molecule has 5 heteroatoms. The first-order chi connectivity index (χ1) is 10.7. The Morgan fingerprint density at radius 1 is 1.05 bits per heavy atom. The van der Waals surface area contributed by atoms with Gasteiger partial charge in [0.05, 0.1) is 6.04 Å². The number of hydrogen-bond donors (Lipinski definition) is 1. The molecule has 2 aromatic carbocycles. The van der Waals surface area contributed by atoms with Gasteiger partial charge < -0.3 is 5.11 Å². The molecule has 0 aliphatic carbocycles. The summed E-state index contributed by atoms with van der Waals surface area (Å²) >= 11 is 1.36. The van der Waals surface area contributed by atoms with Crippen molar-refractivity contribution in [3.8, 4) is 0 Å². The second kappa shape index (κ2) is 6.23. The van der Waals surface area contributed by atoms with Gasteiger partial charge in [0, 0.05) is 0 Å². The Morgan fingerprint density at radius 3 is 2.09 bits per heavy atom. The van der Waals surface area contributed by atoms with Crippen molar-refractivity contribution < 1.29 is 9.90 Å². The molecule has 0 bridgehead atoms. The lowest BCUT2D eigenvalue weighted by molar-refractivity contribution is 0.157. The molecule has 0 saturated heterocycles.